The highest BCUT2D eigenvalue weighted by Crippen LogP contribution is 2.44. The summed E-state index contributed by atoms with van der Waals surface area (Å²) in [5.41, 5.74) is 0.225. The molecule has 2 aliphatic rings. The summed E-state index contributed by atoms with van der Waals surface area (Å²) >= 11 is 0. The predicted octanol–water partition coefficient (Wildman–Crippen LogP) is 2.16. The fourth-order valence-electron chi connectivity index (χ4n) is 2.78. The van der Waals surface area contributed by atoms with Crippen LogP contribution in [0.2, 0.25) is 0 Å². The van der Waals surface area contributed by atoms with E-state index >= 15 is 0 Å². The van der Waals surface area contributed by atoms with Gasteiger partial charge in [-0.25, -0.2) is 0 Å². The maximum absolute atomic E-state index is 12.0. The summed E-state index contributed by atoms with van der Waals surface area (Å²) in [7, 11) is 0. The average molecular weight is 316 g/mol. The lowest BCUT2D eigenvalue weighted by atomic mass is 9.66. The van der Waals surface area contributed by atoms with E-state index in [1.165, 1.54) is 0 Å². The first-order chi connectivity index (χ1) is 11.0. The molecule has 2 fully saturated rings. The van der Waals surface area contributed by atoms with Gasteiger partial charge in [-0.3, -0.25) is 14.4 Å². The van der Waals surface area contributed by atoms with Crippen molar-refractivity contribution in [1.82, 2.24) is 5.32 Å². The minimum Gasteiger partial charge on any atom is -0.481 e. The zero-order valence-electron chi connectivity index (χ0n) is 12.8. The van der Waals surface area contributed by atoms with Gasteiger partial charge in [-0.15, -0.1) is 0 Å². The molecule has 0 spiro atoms. The second kappa shape index (κ2) is 6.02. The fourth-order valence-corrected chi connectivity index (χ4v) is 2.78. The molecule has 0 unspecified atom stereocenters. The molecule has 3 rings (SSSR count). The van der Waals surface area contributed by atoms with E-state index in [1.54, 1.807) is 24.3 Å². The molecule has 6 heteroatoms. The van der Waals surface area contributed by atoms with Gasteiger partial charge in [-0.05, 0) is 49.9 Å². The van der Waals surface area contributed by atoms with Crippen molar-refractivity contribution in [2.45, 2.75) is 44.6 Å². The van der Waals surface area contributed by atoms with Crippen LogP contribution in [-0.2, 0) is 9.59 Å². The number of benzene rings is 1. The van der Waals surface area contributed by atoms with Gasteiger partial charge in [-0.1, -0.05) is 6.42 Å². The van der Waals surface area contributed by atoms with Crippen molar-refractivity contribution in [2.24, 2.45) is 5.41 Å². The van der Waals surface area contributed by atoms with Gasteiger partial charge in [0.1, 0.15) is 0 Å². The number of hydrogen-bond acceptors (Lipinski definition) is 3. The number of anilines is 1. The van der Waals surface area contributed by atoms with Crippen molar-refractivity contribution in [3.05, 3.63) is 29.8 Å². The second-order valence-corrected chi connectivity index (χ2v) is 6.49. The summed E-state index contributed by atoms with van der Waals surface area (Å²) in [5, 5.41) is 14.9. The lowest BCUT2D eigenvalue weighted by Gasteiger charge is -2.36. The summed E-state index contributed by atoms with van der Waals surface area (Å²) in [6.07, 6.45) is 4.01. The van der Waals surface area contributed by atoms with Gasteiger partial charge in [0, 0.05) is 23.7 Å². The van der Waals surface area contributed by atoms with E-state index in [1.807, 2.05) is 0 Å². The summed E-state index contributed by atoms with van der Waals surface area (Å²) in [4.78, 5) is 35.2. The molecular formula is C17H20N2O4. The molecule has 0 aromatic heterocycles. The normalized spacial score (nSPS) is 18.6. The Labute approximate surface area is 134 Å². The highest BCUT2D eigenvalue weighted by Gasteiger charge is 2.45. The highest BCUT2D eigenvalue weighted by molar-refractivity contribution is 5.97. The summed E-state index contributed by atoms with van der Waals surface area (Å²) < 4.78 is 0. The summed E-state index contributed by atoms with van der Waals surface area (Å²) in [6, 6.07) is 6.94. The molecular weight excluding hydrogens is 296 g/mol. The Morgan fingerprint density at radius 1 is 1.13 bits per heavy atom. The van der Waals surface area contributed by atoms with E-state index in [4.69, 9.17) is 0 Å². The topological polar surface area (TPSA) is 95.5 Å². The smallest absolute Gasteiger partial charge is 0.310 e. The average Bonchev–Trinajstić information content (AvgIpc) is 3.27. The maximum atomic E-state index is 12.0. The van der Waals surface area contributed by atoms with Crippen LogP contribution < -0.4 is 10.6 Å². The van der Waals surface area contributed by atoms with E-state index < -0.39 is 11.4 Å². The first-order valence-corrected chi connectivity index (χ1v) is 7.93. The van der Waals surface area contributed by atoms with Gasteiger partial charge >= 0.3 is 5.97 Å². The van der Waals surface area contributed by atoms with E-state index in [2.05, 4.69) is 10.6 Å². The van der Waals surface area contributed by atoms with Crippen LogP contribution in [0, 0.1) is 5.41 Å². The first kappa shape index (κ1) is 15.5. The third-order valence-corrected chi connectivity index (χ3v) is 4.61. The molecule has 0 aliphatic heterocycles. The van der Waals surface area contributed by atoms with Crippen molar-refractivity contribution in [3.63, 3.8) is 0 Å². The Balaban J connectivity index is 1.56. The van der Waals surface area contributed by atoms with E-state index in [0.717, 1.165) is 19.3 Å². The first-order valence-electron chi connectivity index (χ1n) is 7.93. The van der Waals surface area contributed by atoms with Crippen LogP contribution in [0.5, 0.6) is 0 Å². The maximum Gasteiger partial charge on any atom is 0.310 e. The van der Waals surface area contributed by atoms with Crippen molar-refractivity contribution >= 4 is 23.5 Å². The number of carboxylic acids is 1. The Hall–Kier alpha value is -2.37. The van der Waals surface area contributed by atoms with Crippen molar-refractivity contribution in [1.29, 1.82) is 0 Å². The third kappa shape index (κ3) is 3.52. The highest BCUT2D eigenvalue weighted by atomic mass is 16.4. The van der Waals surface area contributed by atoms with Gasteiger partial charge in [-0.2, -0.15) is 0 Å². The van der Waals surface area contributed by atoms with Gasteiger partial charge in [0.2, 0.25) is 5.91 Å². The molecule has 0 saturated heterocycles. The number of aliphatic carboxylic acids is 1. The molecule has 23 heavy (non-hydrogen) atoms. The van der Waals surface area contributed by atoms with Crippen LogP contribution in [-0.4, -0.2) is 28.9 Å². The van der Waals surface area contributed by atoms with Gasteiger partial charge in [0.05, 0.1) is 5.41 Å². The SMILES string of the molecule is O=C(CC1(C(=O)O)CCC1)Nc1ccc(C(=O)NC2CC2)cc1. The van der Waals surface area contributed by atoms with Crippen LogP contribution in [0.3, 0.4) is 0 Å². The molecule has 0 atom stereocenters. The lowest BCUT2D eigenvalue weighted by Crippen LogP contribution is -2.41. The van der Waals surface area contributed by atoms with E-state index in [0.29, 0.717) is 30.1 Å². The second-order valence-electron chi connectivity index (χ2n) is 6.49. The number of carboxylic acid groups (broad SMARTS) is 1. The monoisotopic (exact) mass is 316 g/mol. The Morgan fingerprint density at radius 2 is 1.78 bits per heavy atom. The zero-order valence-corrected chi connectivity index (χ0v) is 12.8. The molecule has 2 saturated carbocycles. The molecule has 122 valence electrons. The van der Waals surface area contributed by atoms with E-state index in [-0.39, 0.29) is 18.2 Å². The lowest BCUT2D eigenvalue weighted by molar-refractivity contribution is -0.157. The number of carbonyl (C=O) groups is 3. The van der Waals surface area contributed by atoms with Crippen LogP contribution in [0.15, 0.2) is 24.3 Å². The largest absolute Gasteiger partial charge is 0.481 e. The molecule has 2 aliphatic carbocycles. The molecule has 0 radical (unpaired) electrons. The summed E-state index contributed by atoms with van der Waals surface area (Å²) in [5.74, 6) is -1.31. The van der Waals surface area contributed by atoms with Gasteiger partial charge in [0.25, 0.3) is 5.91 Å². The summed E-state index contributed by atoms with van der Waals surface area (Å²) in [6.45, 7) is 0. The fraction of sp³-hybridized carbons (Fsp3) is 0.471. The molecule has 1 aromatic carbocycles. The Kier molecular flexibility index (Phi) is 4.07. The molecule has 0 bridgehead atoms. The zero-order chi connectivity index (χ0) is 16.4. The quantitative estimate of drug-likeness (QED) is 0.749. The minimum absolute atomic E-state index is 0.00769. The van der Waals surface area contributed by atoms with Crippen molar-refractivity contribution in [3.8, 4) is 0 Å². The Morgan fingerprint density at radius 3 is 2.26 bits per heavy atom. The molecule has 1 aromatic rings. The van der Waals surface area contributed by atoms with Crippen molar-refractivity contribution in [2.75, 3.05) is 5.32 Å². The van der Waals surface area contributed by atoms with Crippen LogP contribution in [0.4, 0.5) is 5.69 Å². The minimum atomic E-state index is -0.897. The number of hydrogen-bond donors (Lipinski definition) is 3. The van der Waals surface area contributed by atoms with Crippen LogP contribution in [0.1, 0.15) is 48.9 Å². The predicted molar refractivity (Wildman–Crippen MR) is 84.1 cm³/mol. The number of amides is 2. The van der Waals surface area contributed by atoms with Gasteiger partial charge in [0.15, 0.2) is 0 Å². The number of nitrogens with one attached hydrogen (secondary N) is 2. The molecule has 0 heterocycles. The van der Waals surface area contributed by atoms with Gasteiger partial charge < -0.3 is 15.7 Å². The third-order valence-electron chi connectivity index (χ3n) is 4.61. The van der Waals surface area contributed by atoms with E-state index in [9.17, 15) is 19.5 Å². The molecule has 2 amide bonds. The molecule has 3 N–H and O–H groups in total. The number of carbonyl (C=O) groups excluding carboxylic acids is 2. The van der Waals surface area contributed by atoms with Crippen molar-refractivity contribution < 1.29 is 19.5 Å². The number of rotatable bonds is 6. The van der Waals surface area contributed by atoms with Crippen LogP contribution in [0.25, 0.3) is 0 Å². The van der Waals surface area contributed by atoms with Crippen LogP contribution >= 0.6 is 0 Å². The molecule has 6 nitrogen and oxygen atoms in total. The standard InChI is InChI=1S/C17H20N2O4/c20-14(10-17(16(22)23)8-1-9-17)18-12-4-2-11(3-5-12)15(21)19-13-6-7-13/h2-5,13H,1,6-10H2,(H,18,20)(H,19,21)(H,22,23). The Bertz CT molecular complexity index is 630.